The van der Waals surface area contributed by atoms with Crippen molar-refractivity contribution in [2.45, 2.75) is 42.8 Å². The van der Waals surface area contributed by atoms with Gasteiger partial charge in [0.2, 0.25) is 0 Å². The van der Waals surface area contributed by atoms with Crippen molar-refractivity contribution in [3.63, 3.8) is 0 Å². The Labute approximate surface area is 329 Å². The molecule has 1 aromatic carbocycles. The standard InChI is InChI=1S/C35H47N9O12S/c1-22-15-43(28-14-26(46)27(20-45)57-28)35(56)44(33(22)53)21-42-16-25(36-37-42)23-2-4-24(5-3-23)32(34(54)55)41-12-10-39(18-30(49)50)8-6-38(17-29(47)48)7-9-40(11-13-41)19-31(51)52/h2-5,15-16,26-28,32,45-46H,6-14,17-21H2,1H3,(H,47,48)(H,49,50)(H,51,52)(H,54,55)/t26?,27-,28?,32?/m1/s1. The van der Waals surface area contributed by atoms with Gasteiger partial charge in [-0.2, -0.15) is 0 Å². The summed E-state index contributed by atoms with van der Waals surface area (Å²) in [5, 5.41) is 66.2. The number of carbonyl (C=O) groups is 4. The molecule has 2 fully saturated rings. The van der Waals surface area contributed by atoms with Crippen molar-refractivity contribution in [1.29, 1.82) is 0 Å². The summed E-state index contributed by atoms with van der Waals surface area (Å²) >= 11 is 1.25. The molecule has 0 amide bonds. The maximum atomic E-state index is 13.5. The maximum absolute atomic E-state index is 13.5. The molecular weight excluding hydrogens is 771 g/mol. The Morgan fingerprint density at radius 1 is 0.807 bits per heavy atom. The third-order valence-corrected chi connectivity index (χ3v) is 11.5. The van der Waals surface area contributed by atoms with E-state index in [-0.39, 0.29) is 91.7 Å². The monoisotopic (exact) mass is 817 g/mol. The van der Waals surface area contributed by atoms with Crippen LogP contribution >= 0.6 is 11.8 Å². The highest BCUT2D eigenvalue weighted by Crippen LogP contribution is 2.40. The number of aromatic nitrogens is 5. The van der Waals surface area contributed by atoms with E-state index in [0.29, 0.717) is 22.4 Å². The van der Waals surface area contributed by atoms with E-state index in [1.807, 2.05) is 0 Å². The number of rotatable bonds is 14. The summed E-state index contributed by atoms with van der Waals surface area (Å²) in [5.41, 5.74) is 0.455. The van der Waals surface area contributed by atoms with Crippen molar-refractivity contribution in [1.82, 2.24) is 43.7 Å². The van der Waals surface area contributed by atoms with Crippen LogP contribution in [0, 0.1) is 6.92 Å². The second-order valence-electron chi connectivity index (χ2n) is 14.0. The number of aliphatic hydroxyl groups is 2. The van der Waals surface area contributed by atoms with Gasteiger partial charge < -0.3 is 30.6 Å². The average molecular weight is 818 g/mol. The molecule has 0 radical (unpaired) electrons. The molecule has 22 heteroatoms. The van der Waals surface area contributed by atoms with E-state index in [9.17, 15) is 59.4 Å². The summed E-state index contributed by atoms with van der Waals surface area (Å²) in [6.07, 6.45) is 2.38. The van der Waals surface area contributed by atoms with E-state index < -0.39 is 57.9 Å². The lowest BCUT2D eigenvalue weighted by Crippen LogP contribution is -2.49. The van der Waals surface area contributed by atoms with Crippen molar-refractivity contribution >= 4 is 35.6 Å². The highest BCUT2D eigenvalue weighted by atomic mass is 32.2. The Kier molecular flexibility index (Phi) is 14.7. The van der Waals surface area contributed by atoms with Gasteiger partial charge in [0.15, 0.2) is 0 Å². The molecular formula is C35H47N9O12S. The first-order valence-corrected chi connectivity index (χ1v) is 19.1. The predicted octanol–water partition coefficient (Wildman–Crippen LogP) is -1.96. The van der Waals surface area contributed by atoms with Gasteiger partial charge in [0, 0.05) is 76.1 Å². The Morgan fingerprint density at radius 3 is 1.81 bits per heavy atom. The highest BCUT2D eigenvalue weighted by Gasteiger charge is 2.35. The van der Waals surface area contributed by atoms with Crippen LogP contribution in [0.3, 0.4) is 0 Å². The Balaban J connectivity index is 1.36. The second-order valence-corrected chi connectivity index (χ2v) is 15.5. The van der Waals surface area contributed by atoms with Crippen LogP contribution in [-0.2, 0) is 25.8 Å². The lowest BCUT2D eigenvalue weighted by Gasteiger charge is -2.35. The van der Waals surface area contributed by atoms with Crippen LogP contribution in [0.25, 0.3) is 11.3 Å². The van der Waals surface area contributed by atoms with E-state index in [2.05, 4.69) is 10.3 Å². The van der Waals surface area contributed by atoms with E-state index >= 15 is 0 Å². The summed E-state index contributed by atoms with van der Waals surface area (Å²) in [5.74, 6) is -4.46. The van der Waals surface area contributed by atoms with Crippen LogP contribution in [-0.4, -0.2) is 188 Å². The van der Waals surface area contributed by atoms with E-state index in [4.69, 9.17) is 0 Å². The largest absolute Gasteiger partial charge is 0.480 e. The number of hydrogen-bond acceptors (Lipinski definition) is 15. The topological polar surface area (TPSA) is 277 Å². The first kappa shape index (κ1) is 43.2. The van der Waals surface area contributed by atoms with Crippen LogP contribution in [0.15, 0.2) is 46.2 Å². The normalized spacial score (nSPS) is 21.4. The summed E-state index contributed by atoms with van der Waals surface area (Å²) in [6, 6.07) is 5.29. The lowest BCUT2D eigenvalue weighted by atomic mass is 10.0. The van der Waals surface area contributed by atoms with Gasteiger partial charge in [-0.05, 0) is 12.5 Å². The van der Waals surface area contributed by atoms with Crippen molar-refractivity contribution in [2.75, 3.05) is 78.6 Å². The molecule has 2 aliphatic rings. The quantitative estimate of drug-likeness (QED) is 0.103. The number of aliphatic carboxylic acids is 4. The minimum absolute atomic E-state index is 0.0994. The van der Waals surface area contributed by atoms with Crippen LogP contribution in [0.1, 0.15) is 29.0 Å². The third kappa shape index (κ3) is 11.3. The van der Waals surface area contributed by atoms with Gasteiger partial charge in [-0.1, -0.05) is 29.5 Å². The minimum Gasteiger partial charge on any atom is -0.480 e. The molecule has 4 atom stereocenters. The number of carboxylic acid groups (broad SMARTS) is 4. The Morgan fingerprint density at radius 2 is 1.33 bits per heavy atom. The number of aryl methyl sites for hydroxylation is 1. The molecule has 21 nitrogen and oxygen atoms in total. The predicted molar refractivity (Wildman–Crippen MR) is 203 cm³/mol. The maximum Gasteiger partial charge on any atom is 0.333 e. The molecule has 3 unspecified atom stereocenters. The van der Waals surface area contributed by atoms with Crippen LogP contribution in [0.4, 0.5) is 0 Å². The molecule has 0 aliphatic carbocycles. The van der Waals surface area contributed by atoms with Gasteiger partial charge in [-0.25, -0.2) is 14.0 Å². The summed E-state index contributed by atoms with van der Waals surface area (Å²) < 4.78 is 3.69. The van der Waals surface area contributed by atoms with Gasteiger partial charge in [0.25, 0.3) is 5.56 Å². The SMILES string of the molecule is Cc1cn(C2CC(O)[C@@H](CO)S2)c(=O)n(Cn2cc(-c3ccc(C(C(=O)O)N4CCN(CC(=O)O)CCN(CC(=O)O)CCN(CC(=O)O)CC4)cc3)nn2)c1=O. The average Bonchev–Trinajstić information content (AvgIpc) is 3.78. The van der Waals surface area contributed by atoms with Gasteiger partial charge in [0.05, 0.1) is 49.2 Å². The van der Waals surface area contributed by atoms with Crippen LogP contribution in [0.5, 0.6) is 0 Å². The first-order chi connectivity index (χ1) is 27.1. The molecule has 6 N–H and O–H groups in total. The van der Waals surface area contributed by atoms with Crippen molar-refractivity contribution in [2.24, 2.45) is 0 Å². The molecule has 0 saturated carbocycles. The Bertz CT molecular complexity index is 1990. The number of thioether (sulfide) groups is 1. The number of benzene rings is 1. The molecule has 5 rings (SSSR count). The molecule has 0 bridgehead atoms. The van der Waals surface area contributed by atoms with Gasteiger partial charge in [-0.3, -0.25) is 48.1 Å². The minimum atomic E-state index is -1.21. The van der Waals surface area contributed by atoms with Gasteiger partial charge >= 0.3 is 29.6 Å². The number of carboxylic acids is 4. The van der Waals surface area contributed by atoms with Crippen LogP contribution < -0.4 is 11.2 Å². The van der Waals surface area contributed by atoms with Crippen molar-refractivity contribution < 1.29 is 49.8 Å². The van der Waals surface area contributed by atoms with Crippen molar-refractivity contribution in [3.05, 3.63) is 68.6 Å². The van der Waals surface area contributed by atoms with E-state index in [1.54, 1.807) is 50.8 Å². The fraction of sp³-hybridized carbons (Fsp3) is 0.543. The zero-order chi connectivity index (χ0) is 41.4. The van der Waals surface area contributed by atoms with Gasteiger partial charge in [-0.15, -0.1) is 16.9 Å². The zero-order valence-electron chi connectivity index (χ0n) is 31.2. The molecule has 3 aromatic rings. The number of hydrogen-bond donors (Lipinski definition) is 6. The highest BCUT2D eigenvalue weighted by molar-refractivity contribution is 8.00. The van der Waals surface area contributed by atoms with Crippen molar-refractivity contribution in [3.8, 4) is 11.3 Å². The number of nitrogens with zero attached hydrogens (tertiary/aromatic N) is 9. The van der Waals surface area contributed by atoms with E-state index in [0.717, 1.165) is 4.57 Å². The lowest BCUT2D eigenvalue weighted by molar-refractivity contribution is -0.145. The molecule has 4 heterocycles. The second kappa shape index (κ2) is 19.5. The van der Waals surface area contributed by atoms with E-state index in [1.165, 1.54) is 33.4 Å². The molecule has 2 aromatic heterocycles. The summed E-state index contributed by atoms with van der Waals surface area (Å²) in [4.78, 5) is 80.8. The fourth-order valence-corrected chi connectivity index (χ4v) is 8.36. The molecule has 310 valence electrons. The first-order valence-electron chi connectivity index (χ1n) is 18.2. The molecule has 2 aliphatic heterocycles. The third-order valence-electron chi connectivity index (χ3n) is 9.96. The van der Waals surface area contributed by atoms with Gasteiger partial charge in [0.1, 0.15) is 18.4 Å². The smallest absolute Gasteiger partial charge is 0.333 e. The van der Waals surface area contributed by atoms with Crippen LogP contribution in [0.2, 0.25) is 0 Å². The number of aliphatic hydroxyl groups excluding tert-OH is 2. The summed E-state index contributed by atoms with van der Waals surface area (Å²) in [6.45, 7) is 1.27. The Hall–Kier alpha value is -4.97. The molecule has 0 spiro atoms. The zero-order valence-corrected chi connectivity index (χ0v) is 32.1. The fourth-order valence-electron chi connectivity index (χ4n) is 6.99. The summed E-state index contributed by atoms with van der Waals surface area (Å²) in [7, 11) is 0. The molecule has 57 heavy (non-hydrogen) atoms. The molecule has 2 saturated heterocycles.